The van der Waals surface area contributed by atoms with Gasteiger partial charge in [0.15, 0.2) is 5.78 Å². The summed E-state index contributed by atoms with van der Waals surface area (Å²) in [5.41, 5.74) is 1.90. The van der Waals surface area contributed by atoms with E-state index in [1.807, 2.05) is 0 Å². The molecule has 0 bridgehead atoms. The molecular formula is C28H37N3OSi. The SMILES string of the molecule is CCn1c(-c2cccc3ccccc23)nc(C(=O)C2CCN(C3CCC3)CC2)c1[Si](C)(C)C. The summed E-state index contributed by atoms with van der Waals surface area (Å²) in [6.07, 6.45) is 6.00. The first-order chi connectivity index (χ1) is 15.9. The van der Waals surface area contributed by atoms with E-state index in [4.69, 9.17) is 4.98 Å². The van der Waals surface area contributed by atoms with E-state index in [1.54, 1.807) is 0 Å². The van der Waals surface area contributed by atoms with Crippen LogP contribution in [0.15, 0.2) is 42.5 Å². The summed E-state index contributed by atoms with van der Waals surface area (Å²) in [6, 6.07) is 15.7. The lowest BCUT2D eigenvalue weighted by Crippen LogP contribution is -2.48. The summed E-state index contributed by atoms with van der Waals surface area (Å²) in [7, 11) is -1.81. The highest BCUT2D eigenvalue weighted by Crippen LogP contribution is 2.32. The zero-order chi connectivity index (χ0) is 23.2. The van der Waals surface area contributed by atoms with Crippen molar-refractivity contribution in [1.29, 1.82) is 0 Å². The number of Topliss-reactive ketones (excluding diaryl/α,β-unsaturated/α-hetero) is 1. The zero-order valence-electron chi connectivity index (χ0n) is 20.6. The molecule has 0 unspecified atom stereocenters. The fourth-order valence-electron chi connectivity index (χ4n) is 5.79. The van der Waals surface area contributed by atoms with E-state index in [1.165, 1.54) is 35.4 Å². The number of likely N-dealkylation sites (tertiary alicyclic amines) is 1. The minimum Gasteiger partial charge on any atom is -0.332 e. The molecule has 0 amide bonds. The largest absolute Gasteiger partial charge is 0.332 e. The lowest BCUT2D eigenvalue weighted by atomic mass is 9.86. The molecule has 1 saturated heterocycles. The van der Waals surface area contributed by atoms with Gasteiger partial charge in [0.05, 0.1) is 0 Å². The molecule has 3 aromatic rings. The highest BCUT2D eigenvalue weighted by molar-refractivity contribution is 6.89. The topological polar surface area (TPSA) is 38.1 Å². The van der Waals surface area contributed by atoms with Crippen LogP contribution in [0.1, 0.15) is 49.5 Å². The van der Waals surface area contributed by atoms with E-state index in [9.17, 15) is 4.79 Å². The smallest absolute Gasteiger partial charge is 0.185 e. The summed E-state index contributed by atoms with van der Waals surface area (Å²) in [4.78, 5) is 21.7. The van der Waals surface area contributed by atoms with Crippen molar-refractivity contribution in [3.63, 3.8) is 0 Å². The van der Waals surface area contributed by atoms with Crippen LogP contribution in [-0.4, -0.2) is 47.4 Å². The molecule has 4 nitrogen and oxygen atoms in total. The first-order valence-corrected chi connectivity index (χ1v) is 16.3. The maximum absolute atomic E-state index is 13.9. The third-order valence-corrected chi connectivity index (χ3v) is 9.68. The van der Waals surface area contributed by atoms with Gasteiger partial charge in [-0.25, -0.2) is 4.98 Å². The fourth-order valence-corrected chi connectivity index (χ4v) is 7.75. The third-order valence-electron chi connectivity index (χ3n) is 7.75. The van der Waals surface area contributed by atoms with Gasteiger partial charge in [-0.15, -0.1) is 0 Å². The maximum atomic E-state index is 13.9. The number of aromatic nitrogens is 2. The second-order valence-corrected chi connectivity index (χ2v) is 15.9. The number of nitrogens with zero attached hydrogens (tertiary/aromatic N) is 3. The number of hydrogen-bond donors (Lipinski definition) is 0. The number of piperidine rings is 1. The van der Waals surface area contributed by atoms with Crippen LogP contribution >= 0.6 is 0 Å². The molecule has 2 heterocycles. The minimum absolute atomic E-state index is 0.108. The molecule has 2 aromatic carbocycles. The number of hydrogen-bond acceptors (Lipinski definition) is 3. The quantitative estimate of drug-likeness (QED) is 0.350. The minimum atomic E-state index is -1.81. The molecule has 0 atom stereocenters. The van der Waals surface area contributed by atoms with Gasteiger partial charge in [-0.05, 0) is 56.5 Å². The van der Waals surface area contributed by atoms with Crippen molar-refractivity contribution in [2.45, 2.75) is 71.3 Å². The second kappa shape index (κ2) is 8.84. The summed E-state index contributed by atoms with van der Waals surface area (Å²) in [5.74, 6) is 1.35. The number of ketones is 1. The van der Waals surface area contributed by atoms with Crippen LogP contribution in [-0.2, 0) is 6.54 Å². The molecule has 0 N–H and O–H groups in total. The van der Waals surface area contributed by atoms with Gasteiger partial charge in [0, 0.05) is 29.4 Å². The summed E-state index contributed by atoms with van der Waals surface area (Å²) in [6.45, 7) is 12.2. The average Bonchev–Trinajstić information content (AvgIpc) is 3.17. The van der Waals surface area contributed by atoms with Gasteiger partial charge >= 0.3 is 0 Å². The highest BCUT2D eigenvalue weighted by atomic mass is 28.3. The van der Waals surface area contributed by atoms with Crippen LogP contribution in [0, 0.1) is 5.92 Å². The van der Waals surface area contributed by atoms with Gasteiger partial charge in [0.2, 0.25) is 0 Å². The van der Waals surface area contributed by atoms with Crippen molar-refractivity contribution in [3.8, 4) is 11.4 Å². The van der Waals surface area contributed by atoms with Crippen molar-refractivity contribution < 1.29 is 4.79 Å². The Morgan fingerprint density at radius 2 is 1.70 bits per heavy atom. The van der Waals surface area contributed by atoms with E-state index in [0.29, 0.717) is 0 Å². The Balaban J connectivity index is 1.55. The molecule has 2 fully saturated rings. The van der Waals surface area contributed by atoms with Crippen LogP contribution in [0.25, 0.3) is 22.2 Å². The first kappa shape index (κ1) is 22.5. The van der Waals surface area contributed by atoms with Crippen LogP contribution < -0.4 is 5.32 Å². The predicted molar refractivity (Wildman–Crippen MR) is 140 cm³/mol. The molecule has 174 valence electrons. The number of imidazole rings is 1. The monoisotopic (exact) mass is 459 g/mol. The number of carbonyl (C=O) groups excluding carboxylic acids is 1. The van der Waals surface area contributed by atoms with Crippen molar-refractivity contribution in [2.24, 2.45) is 5.92 Å². The van der Waals surface area contributed by atoms with Crippen molar-refractivity contribution in [2.75, 3.05) is 13.1 Å². The Bertz CT molecular complexity index is 1160. The lowest BCUT2D eigenvalue weighted by molar-refractivity contribution is 0.0669. The molecule has 1 aromatic heterocycles. The summed E-state index contributed by atoms with van der Waals surface area (Å²) in [5, 5.41) is 3.64. The second-order valence-electron chi connectivity index (χ2n) is 10.9. The van der Waals surface area contributed by atoms with Crippen LogP contribution in [0.5, 0.6) is 0 Å². The summed E-state index contributed by atoms with van der Waals surface area (Å²) >= 11 is 0. The van der Waals surface area contributed by atoms with Crippen LogP contribution in [0.4, 0.5) is 0 Å². The zero-order valence-corrected chi connectivity index (χ0v) is 21.6. The third kappa shape index (κ3) is 4.10. The maximum Gasteiger partial charge on any atom is 0.185 e. The fraction of sp³-hybridized carbons (Fsp3) is 0.500. The molecule has 1 aliphatic carbocycles. The number of fused-ring (bicyclic) bond motifs is 1. The Morgan fingerprint density at radius 1 is 1.00 bits per heavy atom. The lowest BCUT2D eigenvalue weighted by Gasteiger charge is -2.41. The molecule has 1 aliphatic heterocycles. The van der Waals surface area contributed by atoms with E-state index >= 15 is 0 Å². The predicted octanol–water partition coefficient (Wildman–Crippen LogP) is 5.72. The highest BCUT2D eigenvalue weighted by Gasteiger charge is 2.37. The van der Waals surface area contributed by atoms with E-state index in [0.717, 1.165) is 55.6 Å². The van der Waals surface area contributed by atoms with Gasteiger partial charge in [-0.3, -0.25) is 4.79 Å². The molecular weight excluding hydrogens is 422 g/mol. The Kier molecular flexibility index (Phi) is 6.04. The van der Waals surface area contributed by atoms with Gasteiger partial charge in [0.1, 0.15) is 19.6 Å². The number of benzene rings is 2. The van der Waals surface area contributed by atoms with E-state index in [-0.39, 0.29) is 11.7 Å². The molecule has 1 saturated carbocycles. The van der Waals surface area contributed by atoms with Gasteiger partial charge in [0.25, 0.3) is 0 Å². The molecule has 0 radical (unpaired) electrons. The van der Waals surface area contributed by atoms with Gasteiger partial charge < -0.3 is 9.47 Å². The van der Waals surface area contributed by atoms with Crippen molar-refractivity contribution in [1.82, 2.24) is 14.5 Å². The van der Waals surface area contributed by atoms with Crippen LogP contribution in [0.3, 0.4) is 0 Å². The van der Waals surface area contributed by atoms with Crippen molar-refractivity contribution in [3.05, 3.63) is 48.2 Å². The van der Waals surface area contributed by atoms with E-state index < -0.39 is 8.07 Å². The van der Waals surface area contributed by atoms with Gasteiger partial charge in [-0.2, -0.15) is 0 Å². The normalized spacial score (nSPS) is 18.5. The molecule has 0 spiro atoms. The van der Waals surface area contributed by atoms with E-state index in [2.05, 4.69) is 78.5 Å². The average molecular weight is 460 g/mol. The number of rotatable bonds is 6. The van der Waals surface area contributed by atoms with Gasteiger partial charge in [-0.1, -0.05) is 68.5 Å². The Hall–Kier alpha value is -2.24. The van der Waals surface area contributed by atoms with Crippen molar-refractivity contribution >= 4 is 29.9 Å². The Labute approximate surface area is 199 Å². The molecule has 33 heavy (non-hydrogen) atoms. The van der Waals surface area contributed by atoms with Crippen LogP contribution in [0.2, 0.25) is 19.6 Å². The first-order valence-electron chi connectivity index (χ1n) is 12.8. The Morgan fingerprint density at radius 3 is 2.33 bits per heavy atom. The number of carbonyl (C=O) groups is 1. The standard InChI is InChI=1S/C28H37N3OSi/c1-5-31-27(24-15-8-11-20-10-6-7-14-23(20)24)29-25(28(31)33(2,3)4)26(32)21-16-18-30(19-17-21)22-12-9-13-22/h6-8,10-11,14-15,21-22H,5,9,12-13,16-19H2,1-4H3. The molecule has 5 heteroatoms. The molecule has 2 aliphatic rings. The molecule has 5 rings (SSSR count). The summed E-state index contributed by atoms with van der Waals surface area (Å²) < 4.78 is 2.35.